The number of esters is 1. The molecule has 6 nitrogen and oxygen atoms in total. The maximum Gasteiger partial charge on any atom is 0.343 e. The zero-order valence-electron chi connectivity index (χ0n) is 14.2. The summed E-state index contributed by atoms with van der Waals surface area (Å²) in [6.07, 6.45) is 1.91. The van der Waals surface area contributed by atoms with Gasteiger partial charge in [-0.05, 0) is 31.5 Å². The van der Waals surface area contributed by atoms with E-state index in [1.165, 1.54) is 7.11 Å². The Morgan fingerprint density at radius 2 is 2.00 bits per heavy atom. The van der Waals surface area contributed by atoms with E-state index in [2.05, 4.69) is 15.4 Å². The molecule has 2 aromatic carbocycles. The molecule has 132 valence electrons. The molecule has 0 spiro atoms. The van der Waals surface area contributed by atoms with Gasteiger partial charge in [-0.2, -0.15) is 0 Å². The molecule has 2 aromatic rings. The van der Waals surface area contributed by atoms with E-state index in [1.54, 1.807) is 6.07 Å². The molecule has 6 heteroatoms. The molecular formula is C19H22N2O4. The summed E-state index contributed by atoms with van der Waals surface area (Å²) < 4.78 is 10.2. The lowest BCUT2D eigenvalue weighted by Crippen LogP contribution is -2.37. The SMILES string of the molecule is COC(=O)COc1ccc(NC(=O)C2CCCNC2)c2ccccc12. The van der Waals surface area contributed by atoms with Crippen LogP contribution < -0.4 is 15.4 Å². The van der Waals surface area contributed by atoms with Crippen LogP contribution in [0.4, 0.5) is 5.69 Å². The summed E-state index contributed by atoms with van der Waals surface area (Å²) >= 11 is 0. The second-order valence-electron chi connectivity index (χ2n) is 6.05. The number of carbonyl (C=O) groups is 2. The number of benzene rings is 2. The van der Waals surface area contributed by atoms with Crippen LogP contribution in [0.15, 0.2) is 36.4 Å². The predicted molar refractivity (Wildman–Crippen MR) is 95.7 cm³/mol. The van der Waals surface area contributed by atoms with E-state index >= 15 is 0 Å². The summed E-state index contributed by atoms with van der Waals surface area (Å²) in [5, 5.41) is 8.00. The van der Waals surface area contributed by atoms with Gasteiger partial charge in [0.25, 0.3) is 0 Å². The van der Waals surface area contributed by atoms with Crippen LogP contribution in [0.1, 0.15) is 12.8 Å². The van der Waals surface area contributed by atoms with Gasteiger partial charge in [-0.3, -0.25) is 4.79 Å². The first kappa shape index (κ1) is 17.2. The van der Waals surface area contributed by atoms with Crippen molar-refractivity contribution in [2.24, 2.45) is 5.92 Å². The first-order valence-corrected chi connectivity index (χ1v) is 8.42. The molecule has 0 radical (unpaired) electrons. The largest absolute Gasteiger partial charge is 0.481 e. The lowest BCUT2D eigenvalue weighted by molar-refractivity contribution is -0.142. The summed E-state index contributed by atoms with van der Waals surface area (Å²) in [4.78, 5) is 23.8. The van der Waals surface area contributed by atoms with Crippen LogP contribution in [0.25, 0.3) is 10.8 Å². The van der Waals surface area contributed by atoms with Crippen molar-refractivity contribution in [3.8, 4) is 5.75 Å². The minimum atomic E-state index is -0.439. The highest BCUT2D eigenvalue weighted by molar-refractivity contribution is 6.04. The van der Waals surface area contributed by atoms with E-state index in [0.29, 0.717) is 12.3 Å². The lowest BCUT2D eigenvalue weighted by Gasteiger charge is -2.22. The number of piperidine rings is 1. The summed E-state index contributed by atoms with van der Waals surface area (Å²) in [7, 11) is 1.32. The summed E-state index contributed by atoms with van der Waals surface area (Å²) in [5.41, 5.74) is 0.747. The minimum absolute atomic E-state index is 0.0113. The van der Waals surface area contributed by atoms with Gasteiger partial charge in [-0.15, -0.1) is 0 Å². The van der Waals surface area contributed by atoms with Gasteiger partial charge < -0.3 is 20.1 Å². The van der Waals surface area contributed by atoms with E-state index < -0.39 is 5.97 Å². The number of methoxy groups -OCH3 is 1. The van der Waals surface area contributed by atoms with E-state index in [4.69, 9.17) is 4.74 Å². The third kappa shape index (κ3) is 4.09. The first-order valence-electron chi connectivity index (χ1n) is 8.42. The summed E-state index contributed by atoms with van der Waals surface area (Å²) in [6, 6.07) is 11.2. The second kappa shape index (κ2) is 7.98. The Hall–Kier alpha value is -2.60. The summed E-state index contributed by atoms with van der Waals surface area (Å²) in [5.74, 6) is 0.160. The molecule has 1 saturated heterocycles. The van der Waals surface area contributed by atoms with Crippen LogP contribution in [-0.4, -0.2) is 38.7 Å². The van der Waals surface area contributed by atoms with Crippen LogP contribution in [-0.2, 0) is 14.3 Å². The maximum absolute atomic E-state index is 12.5. The van der Waals surface area contributed by atoms with E-state index in [-0.39, 0.29) is 18.4 Å². The monoisotopic (exact) mass is 342 g/mol. The van der Waals surface area contributed by atoms with Crippen LogP contribution >= 0.6 is 0 Å². The van der Waals surface area contributed by atoms with Gasteiger partial charge in [-0.25, -0.2) is 4.79 Å². The smallest absolute Gasteiger partial charge is 0.343 e. The molecule has 1 atom stereocenters. The Morgan fingerprint density at radius 1 is 1.20 bits per heavy atom. The Balaban J connectivity index is 1.82. The quantitative estimate of drug-likeness (QED) is 0.816. The van der Waals surface area contributed by atoms with Gasteiger partial charge >= 0.3 is 5.97 Å². The lowest BCUT2D eigenvalue weighted by atomic mass is 9.98. The number of fused-ring (bicyclic) bond motifs is 1. The number of rotatable bonds is 5. The third-order valence-corrected chi connectivity index (χ3v) is 4.38. The molecule has 25 heavy (non-hydrogen) atoms. The molecule has 2 N–H and O–H groups in total. The molecule has 0 aliphatic carbocycles. The van der Waals surface area contributed by atoms with Gasteiger partial charge in [0.15, 0.2) is 6.61 Å². The molecule has 1 aliphatic heterocycles. The van der Waals surface area contributed by atoms with Crippen molar-refractivity contribution in [2.75, 3.05) is 32.1 Å². The minimum Gasteiger partial charge on any atom is -0.481 e. The number of hydrogen-bond acceptors (Lipinski definition) is 5. The highest BCUT2D eigenvalue weighted by Gasteiger charge is 2.21. The third-order valence-electron chi connectivity index (χ3n) is 4.38. The standard InChI is InChI=1S/C19H22N2O4/c1-24-18(22)12-25-17-9-8-16(14-6-2-3-7-15(14)17)21-19(23)13-5-4-10-20-11-13/h2-3,6-9,13,20H,4-5,10-12H2,1H3,(H,21,23). The highest BCUT2D eigenvalue weighted by atomic mass is 16.6. The van der Waals surface area contributed by atoms with Crippen molar-refractivity contribution in [1.29, 1.82) is 0 Å². The molecule has 1 amide bonds. The molecule has 1 unspecified atom stereocenters. The van der Waals surface area contributed by atoms with Crippen LogP contribution in [0.3, 0.4) is 0 Å². The van der Waals surface area contributed by atoms with E-state index in [1.807, 2.05) is 30.3 Å². The molecule has 0 saturated carbocycles. The van der Waals surface area contributed by atoms with Gasteiger partial charge in [0.05, 0.1) is 13.0 Å². The van der Waals surface area contributed by atoms with Crippen molar-refractivity contribution in [2.45, 2.75) is 12.8 Å². The highest BCUT2D eigenvalue weighted by Crippen LogP contribution is 2.32. The Bertz CT molecular complexity index is 769. The molecule has 1 aliphatic rings. The number of ether oxygens (including phenoxy) is 2. The van der Waals surface area contributed by atoms with E-state index in [0.717, 1.165) is 35.8 Å². The average Bonchev–Trinajstić information content (AvgIpc) is 2.67. The second-order valence-corrected chi connectivity index (χ2v) is 6.05. The predicted octanol–water partition coefficient (Wildman–Crippen LogP) is 2.33. The first-order chi connectivity index (χ1) is 12.2. The molecular weight excluding hydrogens is 320 g/mol. The van der Waals surface area contributed by atoms with Gasteiger partial charge in [0, 0.05) is 23.0 Å². The number of carbonyl (C=O) groups excluding carboxylic acids is 2. The number of anilines is 1. The van der Waals surface area contributed by atoms with E-state index in [9.17, 15) is 9.59 Å². The number of hydrogen-bond donors (Lipinski definition) is 2. The average molecular weight is 342 g/mol. The fraction of sp³-hybridized carbons (Fsp3) is 0.368. The van der Waals surface area contributed by atoms with Gasteiger partial charge in [0.1, 0.15) is 5.75 Å². The van der Waals surface area contributed by atoms with Crippen molar-refractivity contribution in [1.82, 2.24) is 5.32 Å². The maximum atomic E-state index is 12.5. The summed E-state index contributed by atoms with van der Waals surface area (Å²) in [6.45, 7) is 1.53. The Morgan fingerprint density at radius 3 is 2.72 bits per heavy atom. The van der Waals surface area contributed by atoms with Crippen LogP contribution in [0.2, 0.25) is 0 Å². The fourth-order valence-corrected chi connectivity index (χ4v) is 3.01. The van der Waals surface area contributed by atoms with Crippen molar-refractivity contribution < 1.29 is 19.1 Å². The van der Waals surface area contributed by atoms with Crippen molar-refractivity contribution in [3.63, 3.8) is 0 Å². The van der Waals surface area contributed by atoms with Gasteiger partial charge in [0.2, 0.25) is 5.91 Å². The number of nitrogens with one attached hydrogen (secondary N) is 2. The zero-order chi connectivity index (χ0) is 17.6. The Labute approximate surface area is 146 Å². The molecule has 1 heterocycles. The van der Waals surface area contributed by atoms with Gasteiger partial charge in [-0.1, -0.05) is 24.3 Å². The molecule has 3 rings (SSSR count). The zero-order valence-corrected chi connectivity index (χ0v) is 14.2. The molecule has 1 fully saturated rings. The molecule has 0 aromatic heterocycles. The fourth-order valence-electron chi connectivity index (χ4n) is 3.01. The topological polar surface area (TPSA) is 76.7 Å². The number of amides is 1. The normalized spacial score (nSPS) is 17.1. The van der Waals surface area contributed by atoms with Crippen molar-refractivity contribution in [3.05, 3.63) is 36.4 Å². The van der Waals surface area contributed by atoms with Crippen molar-refractivity contribution >= 4 is 28.3 Å². The molecule has 0 bridgehead atoms. The van der Waals surface area contributed by atoms with Crippen LogP contribution in [0.5, 0.6) is 5.75 Å². The van der Waals surface area contributed by atoms with Crippen LogP contribution in [0, 0.1) is 5.92 Å². The Kier molecular flexibility index (Phi) is 5.50.